The summed E-state index contributed by atoms with van der Waals surface area (Å²) in [6.07, 6.45) is 3.76. The molecule has 0 spiro atoms. The minimum absolute atomic E-state index is 0.0479. The zero-order chi connectivity index (χ0) is 27.4. The number of H-pyrrole nitrogens is 1. The summed E-state index contributed by atoms with van der Waals surface area (Å²) in [7, 11) is -3.45. The summed E-state index contributed by atoms with van der Waals surface area (Å²) in [6, 6.07) is 20.8. The van der Waals surface area contributed by atoms with E-state index >= 15 is 0 Å². The second-order valence-electron chi connectivity index (χ2n) is 9.21. The van der Waals surface area contributed by atoms with Gasteiger partial charge in [0, 0.05) is 30.0 Å². The lowest BCUT2D eigenvalue weighted by Crippen LogP contribution is -2.20. The maximum absolute atomic E-state index is 12.6. The average molecular weight is 547 g/mol. The molecule has 1 fully saturated rings. The fourth-order valence-corrected chi connectivity index (χ4v) is 4.75. The first-order chi connectivity index (χ1) is 18.7. The molecule has 10 heteroatoms. The van der Waals surface area contributed by atoms with E-state index in [4.69, 9.17) is 14.2 Å². The van der Waals surface area contributed by atoms with Gasteiger partial charge in [0.15, 0.2) is 26.8 Å². The van der Waals surface area contributed by atoms with Crippen molar-refractivity contribution in [2.24, 2.45) is 0 Å². The van der Waals surface area contributed by atoms with Gasteiger partial charge in [0.1, 0.15) is 29.5 Å². The Morgan fingerprint density at radius 1 is 1.00 bits per heavy atom. The van der Waals surface area contributed by atoms with Crippen LogP contribution in [0, 0.1) is 0 Å². The third kappa shape index (κ3) is 6.53. The van der Waals surface area contributed by atoms with Gasteiger partial charge < -0.3 is 19.2 Å². The van der Waals surface area contributed by atoms with Gasteiger partial charge >= 0.3 is 5.97 Å². The van der Waals surface area contributed by atoms with Crippen molar-refractivity contribution in [1.29, 1.82) is 0 Å². The Balaban J connectivity index is 1.39. The number of nitrogens with zero attached hydrogens (tertiary/aromatic N) is 1. The topological polar surface area (TPSA) is 125 Å². The molecular formula is C29H26N2O7S. The van der Waals surface area contributed by atoms with Gasteiger partial charge in [0.2, 0.25) is 0 Å². The Hall–Kier alpha value is -4.44. The molecule has 1 saturated carbocycles. The Morgan fingerprint density at radius 2 is 1.79 bits per heavy atom. The number of Topliss-reactive ketones (excluding diaryl/α,β-unsaturated/α-hetero) is 1. The predicted molar refractivity (Wildman–Crippen MR) is 142 cm³/mol. The molecule has 1 unspecified atom stereocenters. The molecule has 0 radical (unpaired) electrons. The molecule has 2 aromatic heterocycles. The van der Waals surface area contributed by atoms with Crippen molar-refractivity contribution < 1.29 is 32.2 Å². The fraction of sp³-hybridized carbons (Fsp3) is 0.207. The first-order valence-electron chi connectivity index (χ1n) is 12.3. The van der Waals surface area contributed by atoms with Crippen molar-refractivity contribution in [2.75, 3.05) is 6.26 Å². The van der Waals surface area contributed by atoms with Crippen LogP contribution in [-0.4, -0.2) is 42.5 Å². The molecule has 200 valence electrons. The van der Waals surface area contributed by atoms with E-state index in [0.29, 0.717) is 41.3 Å². The van der Waals surface area contributed by atoms with Crippen LogP contribution in [0.5, 0.6) is 17.2 Å². The van der Waals surface area contributed by atoms with Gasteiger partial charge in [-0.25, -0.2) is 18.2 Å². The van der Waals surface area contributed by atoms with Crippen LogP contribution in [0.2, 0.25) is 0 Å². The molecule has 1 N–H and O–H groups in total. The summed E-state index contributed by atoms with van der Waals surface area (Å²) >= 11 is 0. The standard InChI is InChI=1S/C29H26N2O7S/c1-39(34,35)28-13-10-21(17-30-28)37-22-14-20(15-23(16-22)38-27-9-5-8-26(27)32)24-11-12-25(31-24)29(33)36-18-19-6-3-2-4-7-19/h2-4,6-7,10-17,27,31H,5,8-9,18H2,1H3. The lowest BCUT2D eigenvalue weighted by Gasteiger charge is -2.15. The number of rotatable bonds is 9. The van der Waals surface area contributed by atoms with Crippen LogP contribution in [0.1, 0.15) is 35.3 Å². The zero-order valence-corrected chi connectivity index (χ0v) is 21.9. The Bertz CT molecular complexity index is 1600. The van der Waals surface area contributed by atoms with E-state index in [0.717, 1.165) is 18.2 Å². The number of ether oxygens (including phenoxy) is 3. The number of esters is 1. The number of pyridine rings is 1. The summed E-state index contributed by atoms with van der Waals surface area (Å²) in [5.74, 6) is 0.671. The minimum atomic E-state index is -3.45. The van der Waals surface area contributed by atoms with Crippen molar-refractivity contribution in [3.8, 4) is 28.5 Å². The van der Waals surface area contributed by atoms with Crippen molar-refractivity contribution >= 4 is 21.6 Å². The van der Waals surface area contributed by atoms with Crippen LogP contribution in [-0.2, 0) is 26.0 Å². The van der Waals surface area contributed by atoms with Gasteiger partial charge in [-0.2, -0.15) is 0 Å². The van der Waals surface area contributed by atoms with Gasteiger partial charge in [-0.3, -0.25) is 4.79 Å². The number of hydrogen-bond acceptors (Lipinski definition) is 8. The van der Waals surface area contributed by atoms with Crippen molar-refractivity contribution in [1.82, 2.24) is 9.97 Å². The van der Waals surface area contributed by atoms with Crippen LogP contribution < -0.4 is 9.47 Å². The van der Waals surface area contributed by atoms with Crippen LogP contribution >= 0.6 is 0 Å². The highest BCUT2D eigenvalue weighted by molar-refractivity contribution is 7.90. The molecule has 1 aliphatic rings. The quantitative estimate of drug-likeness (QED) is 0.287. The van der Waals surface area contributed by atoms with Gasteiger partial charge in [-0.15, -0.1) is 0 Å². The molecule has 0 aliphatic heterocycles. The lowest BCUT2D eigenvalue weighted by molar-refractivity contribution is -0.123. The number of hydrogen-bond donors (Lipinski definition) is 1. The highest BCUT2D eigenvalue weighted by atomic mass is 32.2. The number of sulfone groups is 1. The van der Waals surface area contributed by atoms with E-state index in [1.807, 2.05) is 30.3 Å². The number of nitrogens with one attached hydrogen (secondary N) is 1. The number of carbonyl (C=O) groups excluding carboxylic acids is 2. The monoisotopic (exact) mass is 546 g/mol. The van der Waals surface area contributed by atoms with Gasteiger partial charge in [0.25, 0.3) is 0 Å². The van der Waals surface area contributed by atoms with Gasteiger partial charge in [0.05, 0.1) is 6.20 Å². The van der Waals surface area contributed by atoms with Gasteiger partial charge in [-0.1, -0.05) is 30.3 Å². The van der Waals surface area contributed by atoms with E-state index in [9.17, 15) is 18.0 Å². The normalized spacial score (nSPS) is 15.2. The molecule has 9 nitrogen and oxygen atoms in total. The molecule has 2 aromatic carbocycles. The predicted octanol–water partition coefficient (Wildman–Crippen LogP) is 5.13. The van der Waals surface area contributed by atoms with Crippen LogP contribution in [0.15, 0.2) is 84.0 Å². The molecule has 39 heavy (non-hydrogen) atoms. The van der Waals surface area contributed by atoms with Crippen molar-refractivity contribution in [2.45, 2.75) is 37.0 Å². The first kappa shape index (κ1) is 26.2. The molecule has 1 aliphatic carbocycles. The second kappa shape index (κ2) is 11.1. The number of aromatic nitrogens is 2. The molecule has 5 rings (SSSR count). The fourth-order valence-electron chi connectivity index (χ4n) is 4.19. The SMILES string of the molecule is CS(=O)(=O)c1ccc(Oc2cc(OC3CCCC3=O)cc(-c3ccc(C(=O)OCc4ccccc4)[nH]3)c2)cn1. The molecule has 0 saturated heterocycles. The minimum Gasteiger partial charge on any atom is -0.483 e. The molecule has 2 heterocycles. The van der Waals surface area contributed by atoms with E-state index < -0.39 is 21.9 Å². The van der Waals surface area contributed by atoms with Crippen LogP contribution in [0.3, 0.4) is 0 Å². The maximum atomic E-state index is 12.6. The molecule has 0 bridgehead atoms. The third-order valence-electron chi connectivity index (χ3n) is 6.16. The Morgan fingerprint density at radius 3 is 2.49 bits per heavy atom. The average Bonchev–Trinajstić information content (AvgIpc) is 3.57. The summed E-state index contributed by atoms with van der Waals surface area (Å²) in [5, 5.41) is -0.0644. The molecule has 1 atom stereocenters. The van der Waals surface area contributed by atoms with E-state index in [2.05, 4.69) is 9.97 Å². The molecule has 0 amide bonds. The second-order valence-corrected chi connectivity index (χ2v) is 11.2. The van der Waals surface area contributed by atoms with Crippen LogP contribution in [0.4, 0.5) is 0 Å². The number of aromatic amines is 1. The molecule has 4 aromatic rings. The first-order valence-corrected chi connectivity index (χ1v) is 14.2. The summed E-state index contributed by atoms with van der Waals surface area (Å²) in [5.41, 5.74) is 2.42. The van der Waals surface area contributed by atoms with Crippen molar-refractivity contribution in [3.63, 3.8) is 0 Å². The van der Waals surface area contributed by atoms with E-state index in [1.165, 1.54) is 18.3 Å². The smallest absolute Gasteiger partial charge is 0.355 e. The zero-order valence-electron chi connectivity index (χ0n) is 21.1. The summed E-state index contributed by atoms with van der Waals surface area (Å²) in [6.45, 7) is 0.150. The lowest BCUT2D eigenvalue weighted by atomic mass is 10.1. The van der Waals surface area contributed by atoms with Gasteiger partial charge in [-0.05, 0) is 54.8 Å². The molecular weight excluding hydrogens is 520 g/mol. The summed E-state index contributed by atoms with van der Waals surface area (Å²) < 4.78 is 40.8. The Labute approximate surface area is 225 Å². The summed E-state index contributed by atoms with van der Waals surface area (Å²) in [4.78, 5) is 31.8. The highest BCUT2D eigenvalue weighted by Gasteiger charge is 2.26. The third-order valence-corrected chi connectivity index (χ3v) is 7.16. The van der Waals surface area contributed by atoms with Crippen LogP contribution in [0.25, 0.3) is 11.3 Å². The Kier molecular flexibility index (Phi) is 7.47. The number of benzene rings is 2. The van der Waals surface area contributed by atoms with Crippen molar-refractivity contribution in [3.05, 3.63) is 90.3 Å². The number of ketones is 1. The highest BCUT2D eigenvalue weighted by Crippen LogP contribution is 2.34. The van der Waals surface area contributed by atoms with E-state index in [-0.39, 0.29) is 23.1 Å². The largest absolute Gasteiger partial charge is 0.483 e. The maximum Gasteiger partial charge on any atom is 0.355 e. The number of carbonyl (C=O) groups is 2. The van der Waals surface area contributed by atoms with E-state index in [1.54, 1.807) is 30.3 Å².